The number of carbonyl (C=O) groups is 1. The van der Waals surface area contributed by atoms with Crippen LogP contribution < -0.4 is 15.8 Å². The maximum atomic E-state index is 13.0. The van der Waals surface area contributed by atoms with Crippen LogP contribution in [0.5, 0.6) is 5.75 Å². The summed E-state index contributed by atoms with van der Waals surface area (Å²) >= 11 is 0. The van der Waals surface area contributed by atoms with Gasteiger partial charge in [0.15, 0.2) is 0 Å². The predicted octanol–water partition coefficient (Wildman–Crippen LogP) is 5.19. The molecule has 0 spiro atoms. The lowest BCUT2D eigenvalue weighted by Crippen LogP contribution is -2.16. The van der Waals surface area contributed by atoms with E-state index in [0.717, 1.165) is 38.5 Å². The highest BCUT2D eigenvalue weighted by Crippen LogP contribution is 2.31. The number of anilines is 1. The van der Waals surface area contributed by atoms with Gasteiger partial charge in [-0.2, -0.15) is 0 Å². The van der Waals surface area contributed by atoms with Gasteiger partial charge in [0.05, 0.1) is 18.2 Å². The van der Waals surface area contributed by atoms with Crippen LogP contribution in [0.25, 0.3) is 27.9 Å². The van der Waals surface area contributed by atoms with Crippen LogP contribution in [0.4, 0.5) is 5.69 Å². The van der Waals surface area contributed by atoms with E-state index in [1.807, 2.05) is 43.3 Å². The first-order valence-electron chi connectivity index (χ1n) is 10.2. The fourth-order valence-corrected chi connectivity index (χ4v) is 3.88. The number of rotatable bonds is 6. The highest BCUT2D eigenvalue weighted by atomic mass is 16.5. The zero-order valence-corrected chi connectivity index (χ0v) is 18.0. The molecular weight excluding hydrogens is 402 g/mol. The van der Waals surface area contributed by atoms with E-state index in [1.165, 1.54) is 0 Å². The Kier molecular flexibility index (Phi) is 5.71. The van der Waals surface area contributed by atoms with Crippen LogP contribution in [-0.2, 0) is 11.3 Å². The van der Waals surface area contributed by atoms with Crippen LogP contribution in [0, 0.1) is 6.92 Å². The number of aromatic nitrogens is 1. The summed E-state index contributed by atoms with van der Waals surface area (Å²) < 4.78 is 5.21. The van der Waals surface area contributed by atoms with Crippen molar-refractivity contribution in [3.05, 3.63) is 89.2 Å². The minimum absolute atomic E-state index is 0.0605. The van der Waals surface area contributed by atoms with Crippen molar-refractivity contribution in [1.29, 1.82) is 0 Å². The number of ether oxygens (including phenoxy) is 1. The van der Waals surface area contributed by atoms with Gasteiger partial charge in [-0.3, -0.25) is 4.79 Å². The maximum Gasteiger partial charge on any atom is 0.259 e. The number of nitrogens with one attached hydrogen (secondary N) is 2. The molecule has 5 N–H and O–H groups in total. The normalized spacial score (nSPS) is 11.7. The summed E-state index contributed by atoms with van der Waals surface area (Å²) in [6.07, 6.45) is 1.61. The first-order valence-corrected chi connectivity index (χ1v) is 10.2. The van der Waals surface area contributed by atoms with Gasteiger partial charge in [0, 0.05) is 28.5 Å². The fourth-order valence-electron chi connectivity index (χ4n) is 3.88. The quantitative estimate of drug-likeness (QED) is 0.193. The van der Waals surface area contributed by atoms with Crippen LogP contribution >= 0.6 is 0 Å². The van der Waals surface area contributed by atoms with Gasteiger partial charge in [-0.05, 0) is 54.0 Å². The average molecular weight is 428 g/mol. The van der Waals surface area contributed by atoms with Gasteiger partial charge in [0.25, 0.3) is 5.91 Å². The molecule has 3 aromatic carbocycles. The predicted molar refractivity (Wildman–Crippen MR) is 130 cm³/mol. The summed E-state index contributed by atoms with van der Waals surface area (Å²) in [7, 11) is 1.59. The Balaban J connectivity index is 1.76. The van der Waals surface area contributed by atoms with Gasteiger partial charge in [0.2, 0.25) is 0 Å². The standard InChI is InChI=1S/C26H25N3O3/c1-15-12-18(32-3)9-11-23(15)29-26(31)21(16(2)30)13-17-8-10-20-19-6-4-5-7-24(19)28-25(20)22(17)14-27/h4-13,28,30H,2,14,27H2,1,3H3,(H,29,31)/b21-13+. The van der Waals surface area contributed by atoms with Gasteiger partial charge >= 0.3 is 0 Å². The molecule has 6 nitrogen and oxygen atoms in total. The van der Waals surface area contributed by atoms with E-state index in [2.05, 4.69) is 22.9 Å². The number of carbonyl (C=O) groups excluding carboxylic acids is 1. The summed E-state index contributed by atoms with van der Waals surface area (Å²) in [5.74, 6) is -0.0964. The first-order chi connectivity index (χ1) is 15.4. The van der Waals surface area contributed by atoms with Gasteiger partial charge in [-0.1, -0.05) is 36.9 Å². The van der Waals surface area contributed by atoms with Crippen molar-refractivity contribution in [2.45, 2.75) is 13.5 Å². The third-order valence-corrected chi connectivity index (χ3v) is 5.57. The van der Waals surface area contributed by atoms with Gasteiger partial charge in [0.1, 0.15) is 11.5 Å². The van der Waals surface area contributed by atoms with Crippen LogP contribution in [0.2, 0.25) is 0 Å². The number of aromatic amines is 1. The van der Waals surface area contributed by atoms with Crippen LogP contribution in [0.15, 0.2) is 72.5 Å². The number of amides is 1. The monoisotopic (exact) mass is 427 g/mol. The minimum Gasteiger partial charge on any atom is -0.508 e. The number of hydrogen-bond acceptors (Lipinski definition) is 4. The molecule has 0 aliphatic rings. The van der Waals surface area contributed by atoms with Crippen LogP contribution in [0.3, 0.4) is 0 Å². The molecule has 0 bridgehead atoms. The van der Waals surface area contributed by atoms with Crippen molar-refractivity contribution >= 4 is 39.5 Å². The third-order valence-electron chi connectivity index (χ3n) is 5.57. The number of benzene rings is 3. The van der Waals surface area contributed by atoms with E-state index in [4.69, 9.17) is 10.5 Å². The van der Waals surface area contributed by atoms with Crippen molar-refractivity contribution in [1.82, 2.24) is 4.98 Å². The van der Waals surface area contributed by atoms with E-state index in [1.54, 1.807) is 25.3 Å². The summed E-state index contributed by atoms with van der Waals surface area (Å²) in [6, 6.07) is 17.3. The first kappa shape index (κ1) is 21.2. The summed E-state index contributed by atoms with van der Waals surface area (Å²) in [4.78, 5) is 16.4. The highest BCUT2D eigenvalue weighted by Gasteiger charge is 2.17. The summed E-state index contributed by atoms with van der Waals surface area (Å²) in [5, 5.41) is 15.2. The second kappa shape index (κ2) is 8.61. The molecule has 0 unspecified atom stereocenters. The Labute approximate surface area is 186 Å². The molecule has 0 fully saturated rings. The molecule has 0 saturated carbocycles. The number of aliphatic hydroxyl groups excluding tert-OH is 1. The molecule has 4 aromatic rings. The van der Waals surface area contributed by atoms with Gasteiger partial charge in [-0.25, -0.2) is 0 Å². The SMILES string of the molecule is C=C(O)/C(=C\c1ccc2c([nH]c3ccccc32)c1CN)C(=O)Nc1ccc(OC)cc1C. The number of hydrogen-bond donors (Lipinski definition) is 4. The molecule has 1 heterocycles. The Hall–Kier alpha value is -4.03. The third kappa shape index (κ3) is 3.84. The number of H-pyrrole nitrogens is 1. The fraction of sp³-hybridized carbons (Fsp3) is 0.115. The number of nitrogens with two attached hydrogens (primary N) is 1. The Bertz CT molecular complexity index is 1380. The minimum atomic E-state index is -0.467. The second-order valence-corrected chi connectivity index (χ2v) is 7.57. The zero-order valence-electron chi connectivity index (χ0n) is 18.0. The molecule has 0 aliphatic carbocycles. The van der Waals surface area contributed by atoms with E-state index >= 15 is 0 Å². The number of para-hydroxylation sites is 1. The molecular formula is C26H25N3O3. The smallest absolute Gasteiger partial charge is 0.259 e. The van der Waals surface area contributed by atoms with Gasteiger partial charge in [-0.15, -0.1) is 0 Å². The largest absolute Gasteiger partial charge is 0.508 e. The molecule has 4 rings (SSSR count). The molecule has 6 heteroatoms. The Morgan fingerprint density at radius 2 is 1.97 bits per heavy atom. The van der Waals surface area contributed by atoms with Crippen molar-refractivity contribution < 1.29 is 14.6 Å². The molecule has 0 saturated heterocycles. The van der Waals surface area contributed by atoms with Crippen LogP contribution in [0.1, 0.15) is 16.7 Å². The van der Waals surface area contributed by atoms with Crippen molar-refractivity contribution in [3.8, 4) is 5.75 Å². The van der Waals surface area contributed by atoms with E-state index in [-0.39, 0.29) is 17.9 Å². The Morgan fingerprint density at radius 1 is 1.19 bits per heavy atom. The van der Waals surface area contributed by atoms with E-state index < -0.39 is 5.91 Å². The lowest BCUT2D eigenvalue weighted by molar-refractivity contribution is -0.112. The molecule has 1 amide bonds. The number of aryl methyl sites for hydroxylation is 1. The van der Waals surface area contributed by atoms with E-state index in [0.29, 0.717) is 11.4 Å². The van der Waals surface area contributed by atoms with Gasteiger partial charge < -0.3 is 25.9 Å². The second-order valence-electron chi connectivity index (χ2n) is 7.57. The highest BCUT2D eigenvalue weighted by molar-refractivity contribution is 6.11. The lowest BCUT2D eigenvalue weighted by atomic mass is 9.99. The maximum absolute atomic E-state index is 13.0. The lowest BCUT2D eigenvalue weighted by Gasteiger charge is -2.13. The van der Waals surface area contributed by atoms with Crippen LogP contribution in [-0.4, -0.2) is 23.1 Å². The van der Waals surface area contributed by atoms with Crippen molar-refractivity contribution in [3.63, 3.8) is 0 Å². The number of aliphatic hydroxyl groups is 1. The number of fused-ring (bicyclic) bond motifs is 3. The molecule has 162 valence electrons. The zero-order chi connectivity index (χ0) is 22.8. The molecule has 0 atom stereocenters. The molecule has 0 aliphatic heterocycles. The van der Waals surface area contributed by atoms with Crippen molar-refractivity contribution in [2.75, 3.05) is 12.4 Å². The topological polar surface area (TPSA) is 100 Å². The summed E-state index contributed by atoms with van der Waals surface area (Å²) in [6.45, 7) is 5.72. The van der Waals surface area contributed by atoms with E-state index in [9.17, 15) is 9.90 Å². The average Bonchev–Trinajstić information content (AvgIpc) is 3.16. The number of methoxy groups -OCH3 is 1. The summed E-state index contributed by atoms with van der Waals surface area (Å²) in [5.41, 5.74) is 11.1. The molecule has 0 radical (unpaired) electrons. The van der Waals surface area contributed by atoms with Crippen molar-refractivity contribution in [2.24, 2.45) is 5.73 Å². The molecule has 1 aromatic heterocycles. The molecule has 32 heavy (non-hydrogen) atoms. The Morgan fingerprint density at radius 3 is 2.66 bits per heavy atom.